The van der Waals surface area contributed by atoms with E-state index in [-0.39, 0.29) is 0 Å². The molecule has 1 atom stereocenters. The Morgan fingerprint density at radius 2 is 2.05 bits per heavy atom. The highest BCUT2D eigenvalue weighted by Gasteiger charge is 2.12. The molecule has 19 heavy (non-hydrogen) atoms. The van der Waals surface area contributed by atoms with Gasteiger partial charge in [0.05, 0.1) is 13.2 Å². The maximum Gasteiger partial charge on any atom is 0.119 e. The van der Waals surface area contributed by atoms with E-state index in [0.717, 1.165) is 25.8 Å². The van der Waals surface area contributed by atoms with Gasteiger partial charge in [-0.05, 0) is 45.8 Å². The second-order valence-corrected chi connectivity index (χ2v) is 5.88. The number of pyridine rings is 1. The summed E-state index contributed by atoms with van der Waals surface area (Å²) in [5, 5.41) is 10.3. The number of aliphatic hydroxyl groups excluding tert-OH is 1. The number of nitrogens with zero attached hydrogens (tertiary/aromatic N) is 1. The quantitative estimate of drug-likeness (QED) is 0.866. The van der Waals surface area contributed by atoms with Crippen LogP contribution in [0.2, 0.25) is 0 Å². The van der Waals surface area contributed by atoms with E-state index in [1.165, 1.54) is 0 Å². The second-order valence-electron chi connectivity index (χ2n) is 4.11. The maximum atomic E-state index is 10.3. The third-order valence-electron chi connectivity index (χ3n) is 2.78. The summed E-state index contributed by atoms with van der Waals surface area (Å²) in [7, 11) is 1.63. The van der Waals surface area contributed by atoms with Crippen molar-refractivity contribution in [2.24, 2.45) is 0 Å². The number of hydrogen-bond acceptors (Lipinski definition) is 3. The molecule has 1 aromatic carbocycles. The molecule has 1 unspecified atom stereocenters. The SMILES string of the molecule is COc1ccc(Br)c(CC(O)c2cncc(Br)c2)c1. The molecule has 0 saturated heterocycles. The van der Waals surface area contributed by atoms with Crippen LogP contribution < -0.4 is 4.74 Å². The highest BCUT2D eigenvalue weighted by atomic mass is 79.9. The summed E-state index contributed by atoms with van der Waals surface area (Å²) < 4.78 is 7.00. The molecule has 0 amide bonds. The van der Waals surface area contributed by atoms with Crippen molar-refractivity contribution >= 4 is 31.9 Å². The largest absolute Gasteiger partial charge is 0.497 e. The van der Waals surface area contributed by atoms with E-state index in [9.17, 15) is 5.11 Å². The molecule has 1 N–H and O–H groups in total. The van der Waals surface area contributed by atoms with Crippen molar-refractivity contribution in [2.45, 2.75) is 12.5 Å². The van der Waals surface area contributed by atoms with E-state index in [1.807, 2.05) is 24.3 Å². The fourth-order valence-electron chi connectivity index (χ4n) is 1.77. The molecule has 2 aromatic rings. The molecule has 0 fully saturated rings. The molecule has 1 heterocycles. The molecular formula is C14H13Br2NO2. The van der Waals surface area contributed by atoms with E-state index in [1.54, 1.807) is 19.5 Å². The number of aliphatic hydroxyl groups is 1. The summed E-state index contributed by atoms with van der Waals surface area (Å²) >= 11 is 6.83. The first kappa shape index (κ1) is 14.5. The molecule has 0 aliphatic carbocycles. The zero-order valence-electron chi connectivity index (χ0n) is 10.3. The van der Waals surface area contributed by atoms with Gasteiger partial charge in [-0.15, -0.1) is 0 Å². The number of ether oxygens (including phenoxy) is 1. The van der Waals surface area contributed by atoms with Gasteiger partial charge in [0.2, 0.25) is 0 Å². The summed E-state index contributed by atoms with van der Waals surface area (Å²) in [5.41, 5.74) is 1.77. The van der Waals surface area contributed by atoms with Crippen LogP contribution in [0.4, 0.5) is 0 Å². The van der Waals surface area contributed by atoms with Crippen LogP contribution in [0.25, 0.3) is 0 Å². The van der Waals surface area contributed by atoms with Gasteiger partial charge >= 0.3 is 0 Å². The number of hydrogen-bond donors (Lipinski definition) is 1. The van der Waals surface area contributed by atoms with Crippen molar-refractivity contribution in [1.82, 2.24) is 4.98 Å². The van der Waals surface area contributed by atoms with Gasteiger partial charge in [-0.2, -0.15) is 0 Å². The minimum absolute atomic E-state index is 0.496. The first-order valence-electron chi connectivity index (χ1n) is 5.71. The van der Waals surface area contributed by atoms with Gasteiger partial charge in [-0.25, -0.2) is 0 Å². The van der Waals surface area contributed by atoms with E-state index < -0.39 is 6.10 Å². The fraction of sp³-hybridized carbons (Fsp3) is 0.214. The molecule has 5 heteroatoms. The summed E-state index contributed by atoms with van der Waals surface area (Å²) in [4.78, 5) is 4.06. The number of benzene rings is 1. The van der Waals surface area contributed by atoms with E-state index in [2.05, 4.69) is 36.8 Å². The molecule has 0 aliphatic rings. The highest BCUT2D eigenvalue weighted by molar-refractivity contribution is 9.10. The minimum atomic E-state index is -0.603. The molecule has 0 spiro atoms. The monoisotopic (exact) mass is 385 g/mol. The lowest BCUT2D eigenvalue weighted by Gasteiger charge is -2.13. The number of halogens is 2. The fourth-order valence-corrected chi connectivity index (χ4v) is 2.56. The van der Waals surface area contributed by atoms with Crippen molar-refractivity contribution in [3.05, 3.63) is 56.7 Å². The van der Waals surface area contributed by atoms with E-state index >= 15 is 0 Å². The molecule has 0 radical (unpaired) electrons. The Morgan fingerprint density at radius 1 is 1.26 bits per heavy atom. The van der Waals surface area contributed by atoms with Crippen LogP contribution in [0.15, 0.2) is 45.6 Å². The number of rotatable bonds is 4. The Morgan fingerprint density at radius 3 is 2.74 bits per heavy atom. The van der Waals surface area contributed by atoms with Crippen molar-refractivity contribution in [3.63, 3.8) is 0 Å². The van der Waals surface area contributed by atoms with Crippen LogP contribution in [0, 0.1) is 0 Å². The van der Waals surface area contributed by atoms with Gasteiger partial charge in [0.1, 0.15) is 5.75 Å². The Kier molecular flexibility index (Phi) is 4.96. The van der Waals surface area contributed by atoms with Gasteiger partial charge in [0.25, 0.3) is 0 Å². The average molecular weight is 387 g/mol. The summed E-state index contributed by atoms with van der Waals surface area (Å²) in [6.45, 7) is 0. The summed E-state index contributed by atoms with van der Waals surface area (Å²) in [6, 6.07) is 7.57. The molecule has 2 rings (SSSR count). The number of aromatic nitrogens is 1. The molecular weight excluding hydrogens is 374 g/mol. The zero-order chi connectivity index (χ0) is 13.8. The lowest BCUT2D eigenvalue weighted by Crippen LogP contribution is -2.03. The highest BCUT2D eigenvalue weighted by Crippen LogP contribution is 2.27. The molecule has 3 nitrogen and oxygen atoms in total. The Labute approximate surface area is 128 Å². The van der Waals surface area contributed by atoms with Gasteiger partial charge < -0.3 is 9.84 Å². The van der Waals surface area contributed by atoms with Crippen molar-refractivity contribution in [2.75, 3.05) is 7.11 Å². The van der Waals surface area contributed by atoms with Crippen molar-refractivity contribution < 1.29 is 9.84 Å². The first-order chi connectivity index (χ1) is 9.10. The summed E-state index contributed by atoms with van der Waals surface area (Å²) in [5.74, 6) is 0.776. The average Bonchev–Trinajstić information content (AvgIpc) is 2.41. The third kappa shape index (κ3) is 3.78. The molecule has 0 aliphatic heterocycles. The molecule has 100 valence electrons. The van der Waals surface area contributed by atoms with Crippen LogP contribution in [0.1, 0.15) is 17.2 Å². The lowest BCUT2D eigenvalue weighted by atomic mass is 10.0. The Bertz CT molecular complexity index is 575. The maximum absolute atomic E-state index is 10.3. The van der Waals surface area contributed by atoms with E-state index in [0.29, 0.717) is 6.42 Å². The number of methoxy groups -OCH3 is 1. The topological polar surface area (TPSA) is 42.4 Å². The Hall–Kier alpha value is -0.910. The van der Waals surface area contributed by atoms with Crippen LogP contribution >= 0.6 is 31.9 Å². The van der Waals surface area contributed by atoms with Crippen LogP contribution in [0.5, 0.6) is 5.75 Å². The predicted octanol–water partition coefficient (Wildman–Crippen LogP) is 3.89. The molecule has 1 aromatic heterocycles. The van der Waals surface area contributed by atoms with Gasteiger partial charge in [0.15, 0.2) is 0 Å². The van der Waals surface area contributed by atoms with Gasteiger partial charge in [-0.1, -0.05) is 15.9 Å². The Balaban J connectivity index is 2.21. The molecule has 0 bridgehead atoms. The van der Waals surface area contributed by atoms with Crippen molar-refractivity contribution in [3.8, 4) is 5.75 Å². The lowest BCUT2D eigenvalue weighted by molar-refractivity contribution is 0.177. The molecule has 0 saturated carbocycles. The zero-order valence-corrected chi connectivity index (χ0v) is 13.5. The third-order valence-corrected chi connectivity index (χ3v) is 3.98. The van der Waals surface area contributed by atoms with Gasteiger partial charge in [0, 0.05) is 33.3 Å². The minimum Gasteiger partial charge on any atom is -0.497 e. The predicted molar refractivity (Wildman–Crippen MR) is 81.3 cm³/mol. The van der Waals surface area contributed by atoms with Crippen LogP contribution in [-0.4, -0.2) is 17.2 Å². The van der Waals surface area contributed by atoms with E-state index in [4.69, 9.17) is 4.74 Å². The normalized spacial score (nSPS) is 12.2. The van der Waals surface area contributed by atoms with Gasteiger partial charge in [-0.3, -0.25) is 4.98 Å². The second kappa shape index (κ2) is 6.50. The first-order valence-corrected chi connectivity index (χ1v) is 7.29. The van der Waals surface area contributed by atoms with Crippen LogP contribution in [0.3, 0.4) is 0 Å². The van der Waals surface area contributed by atoms with Crippen molar-refractivity contribution in [1.29, 1.82) is 0 Å². The summed E-state index contributed by atoms with van der Waals surface area (Å²) in [6.07, 6.45) is 3.25. The smallest absolute Gasteiger partial charge is 0.119 e. The standard InChI is InChI=1S/C14H13Br2NO2/c1-19-12-2-3-13(16)9(5-12)6-14(18)10-4-11(15)8-17-7-10/h2-5,7-8,14,18H,6H2,1H3. The van der Waals surface area contributed by atoms with Crippen LogP contribution in [-0.2, 0) is 6.42 Å².